The smallest absolute Gasteiger partial charge is 0.309 e. The van der Waals surface area contributed by atoms with Gasteiger partial charge in [0.15, 0.2) is 11.5 Å². The average molecular weight is 321 g/mol. The van der Waals surface area contributed by atoms with E-state index in [1.165, 1.54) is 21.0 Å². The molecule has 0 unspecified atom stereocenters. The molecule has 0 bridgehead atoms. The Labute approximate surface area is 113 Å². The predicted octanol–water partition coefficient (Wildman–Crippen LogP) is 2.96. The molecule has 1 aromatic carbocycles. The van der Waals surface area contributed by atoms with Gasteiger partial charge in [-0.05, 0) is 36.2 Å². The lowest BCUT2D eigenvalue weighted by Gasteiger charge is -2.21. The van der Waals surface area contributed by atoms with E-state index >= 15 is 0 Å². The van der Waals surface area contributed by atoms with E-state index < -0.39 is 17.2 Å². The zero-order valence-corrected chi connectivity index (χ0v) is 11.8. The lowest BCUT2D eigenvalue weighted by Crippen LogP contribution is -2.26. The van der Waals surface area contributed by atoms with Gasteiger partial charge >= 0.3 is 5.97 Å². The maximum Gasteiger partial charge on any atom is 0.309 e. The van der Waals surface area contributed by atoms with Gasteiger partial charge < -0.3 is 14.9 Å². The fourth-order valence-electron chi connectivity index (χ4n) is 1.50. The summed E-state index contributed by atoms with van der Waals surface area (Å²) in [6.45, 7) is 3.00. The lowest BCUT2D eigenvalue weighted by molar-refractivity contribution is -0.146. The van der Waals surface area contributed by atoms with Crippen LogP contribution in [0.5, 0.6) is 11.5 Å². The SMILES string of the molecule is COc1c(O)cc(F)c(CC(C)(C)C(=O)O)c1Br. The Kier molecular flexibility index (Phi) is 4.21. The number of hydrogen-bond donors (Lipinski definition) is 2. The van der Waals surface area contributed by atoms with E-state index in [1.807, 2.05) is 0 Å². The maximum absolute atomic E-state index is 13.8. The number of methoxy groups -OCH3 is 1. The number of benzene rings is 1. The number of hydrogen-bond acceptors (Lipinski definition) is 3. The van der Waals surface area contributed by atoms with Gasteiger partial charge in [0.1, 0.15) is 5.82 Å². The highest BCUT2D eigenvalue weighted by atomic mass is 79.9. The van der Waals surface area contributed by atoms with Gasteiger partial charge in [-0.1, -0.05) is 0 Å². The first kappa shape index (κ1) is 14.8. The summed E-state index contributed by atoms with van der Waals surface area (Å²) >= 11 is 3.13. The predicted molar refractivity (Wildman–Crippen MR) is 67.4 cm³/mol. The molecule has 100 valence electrons. The minimum Gasteiger partial charge on any atom is -0.504 e. The van der Waals surface area contributed by atoms with Gasteiger partial charge in [-0.15, -0.1) is 0 Å². The molecule has 6 heteroatoms. The summed E-state index contributed by atoms with van der Waals surface area (Å²) in [5.41, 5.74) is -0.956. The fourth-order valence-corrected chi connectivity index (χ4v) is 2.20. The van der Waals surface area contributed by atoms with Crippen LogP contribution in [0, 0.1) is 11.2 Å². The van der Waals surface area contributed by atoms with Crippen LogP contribution in [0.4, 0.5) is 4.39 Å². The van der Waals surface area contributed by atoms with Crippen LogP contribution < -0.4 is 4.74 Å². The molecule has 1 rings (SSSR count). The van der Waals surface area contributed by atoms with Crippen LogP contribution in [0.15, 0.2) is 10.5 Å². The van der Waals surface area contributed by atoms with E-state index in [2.05, 4.69) is 15.9 Å². The number of phenolic OH excluding ortho intramolecular Hbond substituents is 1. The van der Waals surface area contributed by atoms with Gasteiger partial charge in [-0.25, -0.2) is 4.39 Å². The van der Waals surface area contributed by atoms with Crippen molar-refractivity contribution in [3.05, 3.63) is 21.9 Å². The van der Waals surface area contributed by atoms with Crippen LogP contribution in [0.2, 0.25) is 0 Å². The van der Waals surface area contributed by atoms with E-state index in [9.17, 15) is 14.3 Å². The minimum absolute atomic E-state index is 0.0224. The quantitative estimate of drug-likeness (QED) is 0.895. The summed E-state index contributed by atoms with van der Waals surface area (Å²) in [5, 5.41) is 18.5. The molecule has 0 atom stereocenters. The van der Waals surface area contributed by atoms with Crippen LogP contribution in [0.25, 0.3) is 0 Å². The van der Waals surface area contributed by atoms with Crippen LogP contribution in [0.3, 0.4) is 0 Å². The molecule has 0 heterocycles. The molecule has 1 aromatic rings. The molecule has 2 N–H and O–H groups in total. The van der Waals surface area contributed by atoms with Gasteiger partial charge in [0, 0.05) is 11.6 Å². The summed E-state index contributed by atoms with van der Waals surface area (Å²) in [7, 11) is 1.34. The number of ether oxygens (including phenoxy) is 1. The van der Waals surface area contributed by atoms with Crippen molar-refractivity contribution in [3.8, 4) is 11.5 Å². The Morgan fingerprint density at radius 2 is 2.11 bits per heavy atom. The molecule has 0 aliphatic rings. The Bertz CT molecular complexity index is 485. The van der Waals surface area contributed by atoms with Crippen LogP contribution >= 0.6 is 15.9 Å². The molecular weight excluding hydrogens is 307 g/mol. The first-order valence-corrected chi connectivity index (χ1v) is 5.97. The third kappa shape index (κ3) is 2.75. The normalized spacial score (nSPS) is 11.4. The number of halogens is 2. The number of carboxylic acid groups (broad SMARTS) is 1. The topological polar surface area (TPSA) is 66.8 Å². The van der Waals surface area contributed by atoms with Crippen molar-refractivity contribution in [3.63, 3.8) is 0 Å². The molecule has 0 radical (unpaired) electrons. The summed E-state index contributed by atoms with van der Waals surface area (Å²) in [6.07, 6.45) is -0.0224. The van der Waals surface area contributed by atoms with Crippen molar-refractivity contribution in [2.75, 3.05) is 7.11 Å². The standard InChI is InChI=1S/C12H14BrFO4/c1-12(2,11(16)17)5-6-7(14)4-8(15)10(18-3)9(6)13/h4,15H,5H2,1-3H3,(H,16,17). The number of carbonyl (C=O) groups is 1. The van der Waals surface area contributed by atoms with Gasteiger partial charge in [0.2, 0.25) is 0 Å². The molecule has 0 aliphatic carbocycles. The van der Waals surface area contributed by atoms with Crippen molar-refractivity contribution < 1.29 is 24.1 Å². The first-order valence-electron chi connectivity index (χ1n) is 5.18. The third-order valence-electron chi connectivity index (χ3n) is 2.65. The van der Waals surface area contributed by atoms with Gasteiger partial charge in [-0.3, -0.25) is 4.79 Å². The highest BCUT2D eigenvalue weighted by molar-refractivity contribution is 9.10. The lowest BCUT2D eigenvalue weighted by atomic mass is 9.85. The summed E-state index contributed by atoms with van der Waals surface area (Å²) in [4.78, 5) is 11.1. The number of aliphatic carboxylic acids is 1. The van der Waals surface area contributed by atoms with E-state index in [0.29, 0.717) is 0 Å². The molecule has 0 aromatic heterocycles. The molecular formula is C12H14BrFO4. The zero-order chi connectivity index (χ0) is 14.1. The number of aromatic hydroxyl groups is 1. The largest absolute Gasteiger partial charge is 0.504 e. The molecule has 0 spiro atoms. The Morgan fingerprint density at radius 1 is 1.56 bits per heavy atom. The minimum atomic E-state index is -1.12. The Morgan fingerprint density at radius 3 is 2.56 bits per heavy atom. The summed E-state index contributed by atoms with van der Waals surface area (Å²) in [5.74, 6) is -1.94. The molecule has 0 saturated heterocycles. The molecule has 0 fully saturated rings. The van der Waals surface area contributed by atoms with E-state index in [1.54, 1.807) is 0 Å². The second-order valence-corrected chi connectivity index (χ2v) is 5.36. The van der Waals surface area contributed by atoms with Crippen molar-refractivity contribution in [1.82, 2.24) is 0 Å². The van der Waals surface area contributed by atoms with E-state index in [4.69, 9.17) is 9.84 Å². The van der Waals surface area contributed by atoms with Gasteiger partial charge in [-0.2, -0.15) is 0 Å². The van der Waals surface area contributed by atoms with Crippen LogP contribution in [-0.4, -0.2) is 23.3 Å². The Balaban J connectivity index is 3.30. The van der Waals surface area contributed by atoms with Gasteiger partial charge in [0.25, 0.3) is 0 Å². The molecule has 0 saturated carbocycles. The maximum atomic E-state index is 13.8. The fraction of sp³-hybridized carbons (Fsp3) is 0.417. The summed E-state index contributed by atoms with van der Waals surface area (Å²) < 4.78 is 19.0. The third-order valence-corrected chi connectivity index (χ3v) is 3.49. The van der Waals surface area contributed by atoms with Crippen molar-refractivity contribution >= 4 is 21.9 Å². The average Bonchev–Trinajstić information content (AvgIpc) is 2.24. The second kappa shape index (κ2) is 5.14. The Hall–Kier alpha value is -1.30. The van der Waals surface area contributed by atoms with Crippen LogP contribution in [-0.2, 0) is 11.2 Å². The highest BCUT2D eigenvalue weighted by Crippen LogP contribution is 2.40. The number of rotatable bonds is 4. The van der Waals surface area contributed by atoms with Crippen LogP contribution in [0.1, 0.15) is 19.4 Å². The van der Waals surface area contributed by atoms with E-state index in [0.717, 1.165) is 6.07 Å². The molecule has 0 aliphatic heterocycles. The highest BCUT2D eigenvalue weighted by Gasteiger charge is 2.31. The van der Waals surface area contributed by atoms with Crippen molar-refractivity contribution in [2.45, 2.75) is 20.3 Å². The molecule has 4 nitrogen and oxygen atoms in total. The summed E-state index contributed by atoms with van der Waals surface area (Å²) in [6, 6.07) is 0.914. The van der Waals surface area contributed by atoms with Gasteiger partial charge in [0.05, 0.1) is 17.0 Å². The monoisotopic (exact) mass is 320 g/mol. The number of carboxylic acids is 1. The first-order chi connectivity index (χ1) is 8.20. The van der Waals surface area contributed by atoms with Crippen molar-refractivity contribution in [1.29, 1.82) is 0 Å². The van der Waals surface area contributed by atoms with E-state index in [-0.39, 0.29) is 28.0 Å². The zero-order valence-electron chi connectivity index (χ0n) is 10.3. The molecule has 18 heavy (non-hydrogen) atoms. The molecule has 0 amide bonds. The second-order valence-electron chi connectivity index (χ2n) is 4.57. The number of phenols is 1. The van der Waals surface area contributed by atoms with Crippen molar-refractivity contribution in [2.24, 2.45) is 5.41 Å².